The van der Waals surface area contributed by atoms with Crippen LogP contribution < -0.4 is 10.5 Å². The van der Waals surface area contributed by atoms with Gasteiger partial charge in [0.15, 0.2) is 17.3 Å². The van der Waals surface area contributed by atoms with Crippen LogP contribution in [-0.4, -0.2) is 42.9 Å². The number of imide groups is 1. The second-order valence-corrected chi connectivity index (χ2v) is 8.92. The van der Waals surface area contributed by atoms with Gasteiger partial charge in [0.25, 0.3) is 11.8 Å². The van der Waals surface area contributed by atoms with E-state index in [2.05, 4.69) is 20.2 Å². The molecule has 0 saturated heterocycles. The molecule has 6 rings (SSSR count). The average Bonchev–Trinajstić information content (AvgIpc) is 3.67. The summed E-state index contributed by atoms with van der Waals surface area (Å²) in [6, 6.07) is 3.35. The molecule has 1 saturated carbocycles. The number of fused-ring (bicyclic) bond motifs is 1. The molecule has 2 amide bonds. The van der Waals surface area contributed by atoms with Crippen molar-refractivity contribution in [3.05, 3.63) is 71.8 Å². The Morgan fingerprint density at radius 2 is 1.55 bits per heavy atom. The monoisotopic (exact) mass is 558 g/mol. The number of carbonyl (C=O) groups is 2. The van der Waals surface area contributed by atoms with Crippen LogP contribution in [0.5, 0.6) is 11.5 Å². The molecule has 4 aromatic rings. The third-order valence-electron chi connectivity index (χ3n) is 6.41. The molecule has 2 aromatic carbocycles. The Balaban J connectivity index is 0.000000223. The Kier molecular flexibility index (Phi) is 7.15. The van der Waals surface area contributed by atoms with Crippen LogP contribution >= 0.6 is 0 Å². The van der Waals surface area contributed by atoms with Crippen molar-refractivity contribution < 1.29 is 36.3 Å². The van der Waals surface area contributed by atoms with E-state index in [0.29, 0.717) is 0 Å². The molecule has 1 fully saturated rings. The Morgan fingerprint density at radius 1 is 0.900 bits per heavy atom. The number of rotatable bonds is 4. The lowest BCUT2D eigenvalue weighted by molar-refractivity contribution is -0.139. The fourth-order valence-corrected chi connectivity index (χ4v) is 4.53. The molecule has 0 bridgehead atoms. The first-order chi connectivity index (χ1) is 19.2. The lowest BCUT2D eigenvalue weighted by Gasteiger charge is -2.20. The minimum Gasteiger partial charge on any atom is -0.451 e. The molecule has 3 heterocycles. The van der Waals surface area contributed by atoms with Gasteiger partial charge in [-0.2, -0.15) is 13.9 Å². The molecule has 1 aliphatic heterocycles. The molecule has 3 N–H and O–H groups in total. The molecule has 1 aliphatic carbocycles. The standard InChI is InChI=1S/C17H8F5N5O.C9H11NO2/c18-8-3-6(28-15-12(21)9(19)4-10(20)13(15)22)1-2-7(8)14-11-16(23)24-5-25-17(11)27-26-14;11-8-5-6-9(12)10(8)7-3-1-2-4-7/h1-5H,(H3,23,24,25,26,27);5-7H,1-4H2. The highest BCUT2D eigenvalue weighted by molar-refractivity contribution is 6.13. The van der Waals surface area contributed by atoms with Gasteiger partial charge in [-0.15, -0.1) is 0 Å². The predicted molar refractivity (Wildman–Crippen MR) is 131 cm³/mol. The van der Waals surface area contributed by atoms with Crippen molar-refractivity contribution in [2.24, 2.45) is 0 Å². The van der Waals surface area contributed by atoms with Crippen LogP contribution in [0.15, 0.2) is 42.7 Å². The molecule has 14 heteroatoms. The summed E-state index contributed by atoms with van der Waals surface area (Å²) in [6.45, 7) is 0. The second-order valence-electron chi connectivity index (χ2n) is 8.92. The van der Waals surface area contributed by atoms with Crippen LogP contribution in [-0.2, 0) is 9.59 Å². The highest BCUT2D eigenvalue weighted by atomic mass is 19.2. The van der Waals surface area contributed by atoms with Gasteiger partial charge in [0.1, 0.15) is 23.7 Å². The van der Waals surface area contributed by atoms with E-state index in [1.165, 1.54) is 29.4 Å². The molecule has 206 valence electrons. The molecule has 0 atom stereocenters. The lowest BCUT2D eigenvalue weighted by atomic mass is 10.1. The van der Waals surface area contributed by atoms with Crippen molar-refractivity contribution in [3.63, 3.8) is 0 Å². The van der Waals surface area contributed by atoms with Crippen molar-refractivity contribution in [1.82, 2.24) is 25.1 Å². The van der Waals surface area contributed by atoms with Gasteiger partial charge < -0.3 is 10.5 Å². The zero-order valence-electron chi connectivity index (χ0n) is 20.4. The third-order valence-corrected chi connectivity index (χ3v) is 6.41. The number of nitrogens with one attached hydrogen (secondary N) is 1. The molecule has 0 radical (unpaired) electrons. The average molecular weight is 558 g/mol. The number of hydrogen-bond donors (Lipinski definition) is 2. The van der Waals surface area contributed by atoms with Gasteiger partial charge in [-0.1, -0.05) is 12.8 Å². The number of nitrogens with zero attached hydrogens (tertiary/aromatic N) is 4. The summed E-state index contributed by atoms with van der Waals surface area (Å²) in [7, 11) is 0. The fourth-order valence-electron chi connectivity index (χ4n) is 4.53. The van der Waals surface area contributed by atoms with E-state index < -0.39 is 40.6 Å². The first-order valence-electron chi connectivity index (χ1n) is 12.0. The van der Waals surface area contributed by atoms with Crippen molar-refractivity contribution in [2.75, 3.05) is 5.73 Å². The Morgan fingerprint density at radius 3 is 2.17 bits per heavy atom. The maximum absolute atomic E-state index is 14.6. The SMILES string of the molecule is Nc1ncnc2n[nH]c(-c3ccc(Oc4c(F)c(F)cc(F)c4F)cc3F)c12.O=C1C=CC(=O)N1C1CCCC1. The highest BCUT2D eigenvalue weighted by Crippen LogP contribution is 2.35. The summed E-state index contributed by atoms with van der Waals surface area (Å²) in [5.41, 5.74) is 6.14. The topological polar surface area (TPSA) is 127 Å². The fraction of sp³-hybridized carbons (Fsp3) is 0.192. The maximum Gasteiger partial charge on any atom is 0.253 e. The number of benzene rings is 2. The maximum atomic E-state index is 14.6. The number of H-pyrrole nitrogens is 1. The summed E-state index contributed by atoms with van der Waals surface area (Å²) in [5.74, 6) is -9.58. The van der Waals surface area contributed by atoms with Crippen molar-refractivity contribution in [3.8, 4) is 22.8 Å². The number of ether oxygens (including phenoxy) is 1. The predicted octanol–water partition coefficient (Wildman–Crippen LogP) is 4.94. The van der Waals surface area contributed by atoms with Crippen LogP contribution in [0.4, 0.5) is 27.8 Å². The van der Waals surface area contributed by atoms with Crippen LogP contribution in [0.25, 0.3) is 22.3 Å². The van der Waals surface area contributed by atoms with Crippen LogP contribution in [0.1, 0.15) is 25.7 Å². The van der Waals surface area contributed by atoms with Crippen LogP contribution in [0.3, 0.4) is 0 Å². The number of halogens is 5. The van der Waals surface area contributed by atoms with Crippen molar-refractivity contribution in [1.29, 1.82) is 0 Å². The van der Waals surface area contributed by atoms with Gasteiger partial charge in [0.05, 0.1) is 11.1 Å². The zero-order chi connectivity index (χ0) is 28.6. The number of aromatic amines is 1. The van der Waals surface area contributed by atoms with E-state index in [-0.39, 0.29) is 52.0 Å². The molecule has 0 spiro atoms. The number of nitrogens with two attached hydrogens (primary N) is 1. The summed E-state index contributed by atoms with van der Waals surface area (Å²) >= 11 is 0. The summed E-state index contributed by atoms with van der Waals surface area (Å²) < 4.78 is 73.4. The molecule has 2 aromatic heterocycles. The third kappa shape index (κ3) is 4.95. The quantitative estimate of drug-likeness (QED) is 0.206. The van der Waals surface area contributed by atoms with E-state index in [4.69, 9.17) is 10.5 Å². The van der Waals surface area contributed by atoms with Crippen LogP contribution in [0.2, 0.25) is 0 Å². The Bertz CT molecular complexity index is 1620. The number of anilines is 1. The van der Waals surface area contributed by atoms with Crippen molar-refractivity contribution in [2.45, 2.75) is 31.7 Å². The second kappa shape index (κ2) is 10.7. The molecule has 40 heavy (non-hydrogen) atoms. The molecule has 9 nitrogen and oxygen atoms in total. The first-order valence-corrected chi connectivity index (χ1v) is 12.0. The van der Waals surface area contributed by atoms with E-state index >= 15 is 0 Å². The van der Waals surface area contributed by atoms with E-state index in [1.807, 2.05) is 0 Å². The normalized spacial score (nSPS) is 15.2. The van der Waals surface area contributed by atoms with Gasteiger partial charge in [0.2, 0.25) is 17.4 Å². The van der Waals surface area contributed by atoms with Gasteiger partial charge >= 0.3 is 0 Å². The van der Waals surface area contributed by atoms with Gasteiger partial charge in [-0.05, 0) is 25.0 Å². The van der Waals surface area contributed by atoms with E-state index in [0.717, 1.165) is 37.8 Å². The van der Waals surface area contributed by atoms with Crippen LogP contribution in [0, 0.1) is 29.1 Å². The van der Waals surface area contributed by atoms with Crippen molar-refractivity contribution >= 4 is 28.7 Å². The molecule has 0 unspecified atom stereocenters. The summed E-state index contributed by atoms with van der Waals surface area (Å²) in [5, 5.41) is 6.75. The summed E-state index contributed by atoms with van der Waals surface area (Å²) in [4.78, 5) is 31.5. The van der Waals surface area contributed by atoms with E-state index in [1.54, 1.807) is 0 Å². The highest BCUT2D eigenvalue weighted by Gasteiger charge is 2.32. The number of aromatic nitrogens is 4. The van der Waals surface area contributed by atoms with E-state index in [9.17, 15) is 31.5 Å². The van der Waals surface area contributed by atoms with Gasteiger partial charge in [-0.3, -0.25) is 19.6 Å². The number of hydrogen-bond acceptors (Lipinski definition) is 7. The molecular weight excluding hydrogens is 539 g/mol. The number of nitrogen functional groups attached to an aromatic ring is 1. The Labute approximate surface area is 222 Å². The first kappa shape index (κ1) is 26.7. The van der Waals surface area contributed by atoms with Gasteiger partial charge in [-0.25, -0.2) is 23.1 Å². The minimum absolute atomic E-state index is 0.0114. The number of amides is 2. The number of carbonyl (C=O) groups excluding carboxylic acids is 2. The zero-order valence-corrected chi connectivity index (χ0v) is 20.4. The smallest absolute Gasteiger partial charge is 0.253 e. The summed E-state index contributed by atoms with van der Waals surface area (Å²) in [6.07, 6.45) is 8.17. The largest absolute Gasteiger partial charge is 0.451 e. The Hall–Kier alpha value is -4.88. The molecular formula is C26H19F5N6O3. The molecule has 2 aliphatic rings. The van der Waals surface area contributed by atoms with Gasteiger partial charge in [0, 0.05) is 35.9 Å². The minimum atomic E-state index is -1.74. The lowest BCUT2D eigenvalue weighted by Crippen LogP contribution is -2.38.